The van der Waals surface area contributed by atoms with E-state index in [1.54, 1.807) is 0 Å². The maximum Gasteiger partial charge on any atom is 0.416 e. The lowest BCUT2D eigenvalue weighted by atomic mass is 9.89. The molecular weight excluding hydrogens is 169 g/mol. The number of halogens is 3. The zero-order valence-corrected chi connectivity index (χ0v) is 5.77. The highest BCUT2D eigenvalue weighted by atomic mass is 19.4. The molecule has 0 aliphatic heterocycles. The number of carbonyl (C=O) groups is 1. The Morgan fingerprint density at radius 3 is 1.83 bits per heavy atom. The van der Waals surface area contributed by atoms with E-state index in [9.17, 15) is 18.0 Å². The fourth-order valence-corrected chi connectivity index (χ4v) is 1.14. The van der Waals surface area contributed by atoms with Gasteiger partial charge in [0.25, 0.3) is 0 Å². The lowest BCUT2D eigenvalue weighted by Crippen LogP contribution is -2.17. The summed E-state index contributed by atoms with van der Waals surface area (Å²) in [6.07, 6.45) is -4.34. The van der Waals surface area contributed by atoms with Gasteiger partial charge in [-0.05, 0) is 18.2 Å². The van der Waals surface area contributed by atoms with E-state index < -0.39 is 11.7 Å². The van der Waals surface area contributed by atoms with Gasteiger partial charge in [-0.25, -0.2) is 0 Å². The summed E-state index contributed by atoms with van der Waals surface area (Å²) in [4.78, 5) is 10.8. The van der Waals surface area contributed by atoms with Gasteiger partial charge in [0.15, 0.2) is 5.78 Å². The van der Waals surface area contributed by atoms with E-state index in [4.69, 9.17) is 0 Å². The Bertz CT molecular complexity index is 341. The monoisotopic (exact) mass is 172 g/mol. The SMILES string of the molecule is O=C1c2cc1cc(C(F)(F)F)c2. The van der Waals surface area contributed by atoms with Gasteiger partial charge in [0.05, 0.1) is 5.56 Å². The van der Waals surface area contributed by atoms with Crippen LogP contribution in [0.5, 0.6) is 0 Å². The average molecular weight is 172 g/mol. The first-order valence-electron chi connectivity index (χ1n) is 3.25. The van der Waals surface area contributed by atoms with E-state index in [2.05, 4.69) is 0 Å². The standard InChI is InChI=1S/C8H3F3O/c9-8(10,11)6-2-4-1-5(3-6)7(4)12/h1-3H. The van der Waals surface area contributed by atoms with Crippen molar-refractivity contribution in [1.82, 2.24) is 0 Å². The van der Waals surface area contributed by atoms with Crippen LogP contribution in [0.2, 0.25) is 0 Å². The van der Waals surface area contributed by atoms with E-state index in [-0.39, 0.29) is 16.9 Å². The van der Waals surface area contributed by atoms with Gasteiger partial charge in [0.2, 0.25) is 0 Å². The largest absolute Gasteiger partial charge is 0.416 e. The highest BCUT2D eigenvalue weighted by molar-refractivity contribution is 6.16. The normalized spacial score (nSPS) is 14.4. The molecule has 2 aliphatic rings. The quantitative estimate of drug-likeness (QED) is 0.595. The van der Waals surface area contributed by atoms with Crippen molar-refractivity contribution in [3.63, 3.8) is 0 Å². The Labute approximate surface area is 65.8 Å². The summed E-state index contributed by atoms with van der Waals surface area (Å²) in [5.41, 5.74) is -0.436. The summed E-state index contributed by atoms with van der Waals surface area (Å²) in [7, 11) is 0. The minimum Gasteiger partial charge on any atom is -0.289 e. The van der Waals surface area contributed by atoms with Crippen LogP contribution < -0.4 is 0 Å². The van der Waals surface area contributed by atoms with Crippen molar-refractivity contribution >= 4 is 5.78 Å². The second-order valence-corrected chi connectivity index (χ2v) is 2.63. The molecule has 0 saturated carbocycles. The molecule has 0 atom stereocenters. The molecule has 1 aromatic rings. The van der Waals surface area contributed by atoms with Gasteiger partial charge < -0.3 is 0 Å². The molecule has 0 unspecified atom stereocenters. The third-order valence-electron chi connectivity index (χ3n) is 1.78. The van der Waals surface area contributed by atoms with Gasteiger partial charge in [-0.3, -0.25) is 4.79 Å². The van der Waals surface area contributed by atoms with E-state index in [0.717, 1.165) is 12.1 Å². The van der Waals surface area contributed by atoms with Crippen LogP contribution in [0.3, 0.4) is 0 Å². The molecule has 0 amide bonds. The van der Waals surface area contributed by atoms with Crippen molar-refractivity contribution in [2.45, 2.75) is 6.18 Å². The van der Waals surface area contributed by atoms with Crippen molar-refractivity contribution in [2.24, 2.45) is 0 Å². The summed E-state index contributed by atoms with van der Waals surface area (Å²) in [5.74, 6) is -0.289. The third kappa shape index (κ3) is 0.841. The number of carbonyl (C=O) groups excluding carboxylic acids is 1. The second kappa shape index (κ2) is 1.88. The topological polar surface area (TPSA) is 17.1 Å². The van der Waals surface area contributed by atoms with Crippen LogP contribution in [0.15, 0.2) is 18.2 Å². The average Bonchev–Trinajstić information content (AvgIpc) is 2.02. The predicted molar refractivity (Wildman–Crippen MR) is 34.9 cm³/mol. The molecular formula is C8H3F3O. The van der Waals surface area contributed by atoms with Crippen LogP contribution in [0.1, 0.15) is 21.5 Å². The van der Waals surface area contributed by atoms with Gasteiger partial charge >= 0.3 is 6.18 Å². The van der Waals surface area contributed by atoms with E-state index >= 15 is 0 Å². The molecule has 0 saturated heterocycles. The van der Waals surface area contributed by atoms with Gasteiger partial charge in [-0.1, -0.05) is 0 Å². The van der Waals surface area contributed by atoms with Gasteiger partial charge in [0.1, 0.15) is 0 Å². The molecule has 0 N–H and O–H groups in total. The van der Waals surface area contributed by atoms with Crippen LogP contribution in [0.25, 0.3) is 0 Å². The first-order valence-corrected chi connectivity index (χ1v) is 3.25. The minimum absolute atomic E-state index is 0.153. The fraction of sp³-hybridized carbons (Fsp3) is 0.125. The molecule has 0 fully saturated rings. The number of alkyl halides is 3. The van der Waals surface area contributed by atoms with Crippen molar-refractivity contribution in [3.8, 4) is 0 Å². The molecule has 4 heteroatoms. The summed E-state index contributed by atoms with van der Waals surface area (Å²) in [6.45, 7) is 0. The molecule has 1 nitrogen and oxygen atoms in total. The molecule has 3 rings (SSSR count). The third-order valence-corrected chi connectivity index (χ3v) is 1.78. The number of ketones is 1. The molecule has 1 aromatic carbocycles. The molecule has 2 bridgehead atoms. The molecule has 0 aromatic heterocycles. The zero-order chi connectivity index (χ0) is 8.93. The number of fused-ring (bicyclic) bond motifs is 2. The smallest absolute Gasteiger partial charge is 0.289 e. The van der Waals surface area contributed by atoms with Crippen molar-refractivity contribution in [1.29, 1.82) is 0 Å². The second-order valence-electron chi connectivity index (χ2n) is 2.63. The molecule has 12 heavy (non-hydrogen) atoms. The number of benzene rings is 1. The van der Waals surface area contributed by atoms with E-state index in [1.807, 2.05) is 0 Å². The summed E-state index contributed by atoms with van der Waals surface area (Å²) < 4.78 is 36.0. The van der Waals surface area contributed by atoms with Crippen molar-refractivity contribution in [3.05, 3.63) is 34.9 Å². The Balaban J connectivity index is 2.50. The van der Waals surface area contributed by atoms with E-state index in [0.29, 0.717) is 0 Å². The lowest BCUT2D eigenvalue weighted by Gasteiger charge is -2.16. The summed E-state index contributed by atoms with van der Waals surface area (Å²) in [6, 6.07) is 3.18. The molecule has 0 heterocycles. The maximum absolute atomic E-state index is 12.0. The van der Waals surface area contributed by atoms with Crippen molar-refractivity contribution < 1.29 is 18.0 Å². The molecule has 0 spiro atoms. The highest BCUT2D eigenvalue weighted by Gasteiger charge is 2.35. The summed E-state index contributed by atoms with van der Waals surface area (Å²) in [5, 5.41) is 0. The number of hydrogen-bond donors (Lipinski definition) is 0. The maximum atomic E-state index is 12.0. The number of hydrogen-bond acceptors (Lipinski definition) is 1. The van der Waals surface area contributed by atoms with Gasteiger partial charge in [-0.15, -0.1) is 0 Å². The number of rotatable bonds is 0. The Hall–Kier alpha value is -1.32. The van der Waals surface area contributed by atoms with Crippen LogP contribution in [-0.2, 0) is 6.18 Å². The first kappa shape index (κ1) is 7.34. The van der Waals surface area contributed by atoms with Crippen LogP contribution in [0, 0.1) is 0 Å². The first-order chi connectivity index (χ1) is 5.48. The fourth-order valence-electron chi connectivity index (χ4n) is 1.14. The van der Waals surface area contributed by atoms with Crippen LogP contribution >= 0.6 is 0 Å². The summed E-state index contributed by atoms with van der Waals surface area (Å²) >= 11 is 0. The molecule has 2 aliphatic carbocycles. The Kier molecular flexibility index (Phi) is 1.15. The van der Waals surface area contributed by atoms with Crippen LogP contribution in [-0.4, -0.2) is 5.78 Å². The Morgan fingerprint density at radius 2 is 1.50 bits per heavy atom. The Morgan fingerprint density at radius 1 is 1.00 bits per heavy atom. The minimum atomic E-state index is -4.34. The van der Waals surface area contributed by atoms with Gasteiger partial charge in [0, 0.05) is 11.1 Å². The lowest BCUT2D eigenvalue weighted by molar-refractivity contribution is -0.137. The predicted octanol–water partition coefficient (Wildman–Crippen LogP) is 2.25. The highest BCUT2D eigenvalue weighted by Crippen LogP contribution is 2.34. The van der Waals surface area contributed by atoms with Crippen molar-refractivity contribution in [2.75, 3.05) is 0 Å². The van der Waals surface area contributed by atoms with Crippen LogP contribution in [0.4, 0.5) is 13.2 Å². The van der Waals surface area contributed by atoms with E-state index in [1.165, 1.54) is 6.07 Å². The van der Waals surface area contributed by atoms with Gasteiger partial charge in [-0.2, -0.15) is 13.2 Å². The molecule has 0 radical (unpaired) electrons. The molecule has 62 valence electrons. The zero-order valence-electron chi connectivity index (χ0n) is 5.77.